The first kappa shape index (κ1) is 26.1. The largest absolute Gasteiger partial charge is 0.454 e. The van der Waals surface area contributed by atoms with Crippen molar-refractivity contribution in [1.82, 2.24) is 10.2 Å². The van der Waals surface area contributed by atoms with Crippen LogP contribution in [0.2, 0.25) is 0 Å². The van der Waals surface area contributed by atoms with E-state index in [1.165, 1.54) is 6.42 Å². The Hall–Kier alpha value is -3.85. The molecule has 4 heterocycles. The summed E-state index contributed by atoms with van der Waals surface area (Å²) in [6, 6.07) is 10.6. The zero-order valence-corrected chi connectivity index (χ0v) is 23.4. The van der Waals surface area contributed by atoms with Crippen LogP contribution in [0.15, 0.2) is 48.6 Å². The van der Waals surface area contributed by atoms with Crippen LogP contribution in [0.4, 0.5) is 5.69 Å². The third kappa shape index (κ3) is 4.38. The minimum atomic E-state index is -1.21. The second-order valence-corrected chi connectivity index (χ2v) is 12.1. The number of carbonyl (C=O) groups excluding carboxylic acids is 3. The Morgan fingerprint density at radius 3 is 2.51 bits per heavy atom. The number of nitrogens with zero attached hydrogens (tertiary/aromatic N) is 1. The number of amides is 3. The van der Waals surface area contributed by atoms with Crippen molar-refractivity contribution in [2.75, 3.05) is 12.1 Å². The Bertz CT molecular complexity index is 1430. The third-order valence-electron chi connectivity index (χ3n) is 9.16. The Morgan fingerprint density at radius 1 is 0.976 bits per heavy atom. The zero-order valence-electron chi connectivity index (χ0n) is 23.4. The first-order valence-corrected chi connectivity index (χ1v) is 14.6. The van der Waals surface area contributed by atoms with Crippen molar-refractivity contribution in [3.8, 4) is 11.5 Å². The maximum absolute atomic E-state index is 14.3. The lowest BCUT2D eigenvalue weighted by Gasteiger charge is -2.34. The highest BCUT2D eigenvalue weighted by molar-refractivity contribution is 6.02. The van der Waals surface area contributed by atoms with Gasteiger partial charge in [0, 0.05) is 18.3 Å². The van der Waals surface area contributed by atoms with Crippen LogP contribution in [-0.2, 0) is 25.7 Å². The van der Waals surface area contributed by atoms with Crippen molar-refractivity contribution >= 4 is 23.4 Å². The van der Waals surface area contributed by atoms with Crippen molar-refractivity contribution in [3.63, 3.8) is 0 Å². The molecule has 214 valence electrons. The molecular weight excluding hydrogens is 522 g/mol. The van der Waals surface area contributed by atoms with E-state index in [2.05, 4.69) is 10.6 Å². The minimum Gasteiger partial charge on any atom is -0.454 e. The summed E-state index contributed by atoms with van der Waals surface area (Å²) in [5.41, 5.74) is 2.35. The second-order valence-electron chi connectivity index (χ2n) is 12.1. The van der Waals surface area contributed by atoms with E-state index in [0.29, 0.717) is 17.2 Å². The lowest BCUT2D eigenvalue weighted by atomic mass is 9.74. The van der Waals surface area contributed by atoms with Gasteiger partial charge in [-0.25, -0.2) is 0 Å². The Balaban J connectivity index is 1.21. The van der Waals surface area contributed by atoms with Gasteiger partial charge in [-0.05, 0) is 67.6 Å². The van der Waals surface area contributed by atoms with Crippen molar-refractivity contribution in [3.05, 3.63) is 65.2 Å². The average Bonchev–Trinajstić information content (AvgIpc) is 3.69. The number of hydrogen-bond donors (Lipinski definition) is 2. The number of carbonyl (C=O) groups is 3. The molecule has 0 aromatic heterocycles. The molecule has 0 radical (unpaired) electrons. The van der Waals surface area contributed by atoms with Gasteiger partial charge in [0.1, 0.15) is 11.6 Å². The fourth-order valence-corrected chi connectivity index (χ4v) is 7.47. The molecule has 2 saturated heterocycles. The molecule has 2 bridgehead atoms. The first-order chi connectivity index (χ1) is 19.8. The van der Waals surface area contributed by atoms with Crippen LogP contribution in [0.5, 0.6) is 11.5 Å². The predicted molar refractivity (Wildman–Crippen MR) is 150 cm³/mol. The highest BCUT2D eigenvalue weighted by atomic mass is 16.7. The molecular formula is C32H35N3O6. The Labute approximate surface area is 239 Å². The third-order valence-corrected chi connectivity index (χ3v) is 9.16. The van der Waals surface area contributed by atoms with Gasteiger partial charge in [-0.15, -0.1) is 0 Å². The Morgan fingerprint density at radius 2 is 1.73 bits per heavy atom. The van der Waals surface area contributed by atoms with Gasteiger partial charge in [-0.3, -0.25) is 14.4 Å². The molecule has 5 aliphatic rings. The van der Waals surface area contributed by atoms with Gasteiger partial charge in [0.15, 0.2) is 11.5 Å². The molecule has 1 saturated carbocycles. The standard InChI is InChI=1S/C32H35N3O6/c1-18-12-19(2)14-22(13-18)34-29(36)26-24-10-11-32(41-24)27(26)31(38)35(16-20-8-9-23-25(15-20)40-17-39-23)28(32)30(37)33-21-6-4-3-5-7-21/h8-15,21,24,26-28H,3-7,16-17H2,1-2H3,(H,33,37)(H,34,36)/t24-,26+,27-,28+,32-/m1/s1. The van der Waals surface area contributed by atoms with Crippen molar-refractivity contribution < 1.29 is 28.6 Å². The van der Waals surface area contributed by atoms with E-state index in [4.69, 9.17) is 14.2 Å². The summed E-state index contributed by atoms with van der Waals surface area (Å²) >= 11 is 0. The summed E-state index contributed by atoms with van der Waals surface area (Å²) in [5, 5.41) is 6.26. The molecule has 2 aromatic rings. The number of likely N-dealkylation sites (tertiary alicyclic amines) is 1. The number of ether oxygens (including phenoxy) is 3. The van der Waals surface area contributed by atoms with Crippen molar-refractivity contribution in [2.45, 2.75) is 76.3 Å². The van der Waals surface area contributed by atoms with Crippen LogP contribution in [-0.4, -0.2) is 53.2 Å². The number of anilines is 1. The number of hydrogen-bond acceptors (Lipinski definition) is 6. The van der Waals surface area contributed by atoms with Gasteiger partial charge in [-0.1, -0.05) is 43.5 Å². The number of rotatable bonds is 6. The molecule has 3 amide bonds. The Kier molecular flexibility index (Phi) is 6.30. The lowest BCUT2D eigenvalue weighted by Crippen LogP contribution is -2.56. The number of nitrogens with one attached hydrogen (secondary N) is 2. The van der Waals surface area contributed by atoms with E-state index in [1.807, 2.05) is 62.4 Å². The van der Waals surface area contributed by atoms with E-state index in [-0.39, 0.29) is 37.1 Å². The van der Waals surface area contributed by atoms with E-state index in [1.54, 1.807) is 4.90 Å². The molecule has 1 spiro atoms. The molecule has 9 heteroatoms. The van der Waals surface area contributed by atoms with E-state index < -0.39 is 29.6 Å². The normalized spacial score (nSPS) is 29.6. The predicted octanol–water partition coefficient (Wildman–Crippen LogP) is 3.77. The lowest BCUT2D eigenvalue weighted by molar-refractivity contribution is -0.142. The fourth-order valence-electron chi connectivity index (χ4n) is 7.47. The van der Waals surface area contributed by atoms with Crippen LogP contribution in [0.25, 0.3) is 0 Å². The van der Waals surface area contributed by atoms with Gasteiger partial charge in [0.2, 0.25) is 24.5 Å². The van der Waals surface area contributed by atoms with Crippen LogP contribution in [0, 0.1) is 25.7 Å². The van der Waals surface area contributed by atoms with Crippen LogP contribution < -0.4 is 20.1 Å². The molecule has 4 aliphatic heterocycles. The monoisotopic (exact) mass is 557 g/mol. The van der Waals surface area contributed by atoms with Crippen molar-refractivity contribution in [2.24, 2.45) is 11.8 Å². The summed E-state index contributed by atoms with van der Waals surface area (Å²) < 4.78 is 17.5. The summed E-state index contributed by atoms with van der Waals surface area (Å²) in [6.07, 6.45) is 8.28. The summed E-state index contributed by atoms with van der Waals surface area (Å²) in [7, 11) is 0. The molecule has 5 atom stereocenters. The van der Waals surface area contributed by atoms with E-state index in [9.17, 15) is 14.4 Å². The summed E-state index contributed by atoms with van der Waals surface area (Å²) in [5.74, 6) is -1.05. The van der Waals surface area contributed by atoms with Crippen LogP contribution in [0.3, 0.4) is 0 Å². The minimum absolute atomic E-state index is 0.0698. The van der Waals surface area contributed by atoms with E-state index in [0.717, 1.165) is 42.4 Å². The summed E-state index contributed by atoms with van der Waals surface area (Å²) in [4.78, 5) is 43.7. The number of benzene rings is 2. The fraction of sp³-hybridized carbons (Fsp3) is 0.469. The van der Waals surface area contributed by atoms with Gasteiger partial charge >= 0.3 is 0 Å². The quantitative estimate of drug-likeness (QED) is 0.524. The van der Waals surface area contributed by atoms with Crippen LogP contribution >= 0.6 is 0 Å². The highest BCUT2D eigenvalue weighted by Crippen LogP contribution is 2.55. The molecule has 9 nitrogen and oxygen atoms in total. The molecule has 41 heavy (non-hydrogen) atoms. The van der Waals surface area contributed by atoms with Gasteiger partial charge in [0.05, 0.1) is 17.9 Å². The molecule has 0 unspecified atom stereocenters. The molecule has 2 aromatic carbocycles. The number of fused-ring (bicyclic) bond motifs is 2. The maximum atomic E-state index is 14.3. The summed E-state index contributed by atoms with van der Waals surface area (Å²) in [6.45, 7) is 4.29. The smallest absolute Gasteiger partial charge is 0.246 e. The maximum Gasteiger partial charge on any atom is 0.246 e. The molecule has 7 rings (SSSR count). The molecule has 1 aliphatic carbocycles. The van der Waals surface area contributed by atoms with E-state index >= 15 is 0 Å². The average molecular weight is 558 g/mol. The number of aryl methyl sites for hydroxylation is 2. The second kappa shape index (κ2) is 9.91. The SMILES string of the molecule is Cc1cc(C)cc(NC(=O)[C@H]2[C@H]3C=C[C@]4(O3)[C@H](C(=O)NC3CCCCC3)N(Cc3ccc5c(c3)OCO5)C(=O)[C@@H]24)c1. The molecule has 2 N–H and O–H groups in total. The van der Waals surface area contributed by atoms with Gasteiger partial charge < -0.3 is 29.7 Å². The molecule has 3 fully saturated rings. The zero-order chi connectivity index (χ0) is 28.3. The first-order valence-electron chi connectivity index (χ1n) is 14.6. The van der Waals surface area contributed by atoms with Crippen molar-refractivity contribution in [1.29, 1.82) is 0 Å². The highest BCUT2D eigenvalue weighted by Gasteiger charge is 2.72. The van der Waals surface area contributed by atoms with Gasteiger partial charge in [0.25, 0.3) is 0 Å². The van der Waals surface area contributed by atoms with Crippen LogP contribution in [0.1, 0.15) is 48.8 Å². The van der Waals surface area contributed by atoms with Gasteiger partial charge in [-0.2, -0.15) is 0 Å². The topological polar surface area (TPSA) is 106 Å².